The summed E-state index contributed by atoms with van der Waals surface area (Å²) in [6.07, 6.45) is 4.71. The molecule has 4 aromatic rings. The number of carbonyl (C=O) groups excluding carboxylic acids is 1. The molecule has 0 unspecified atom stereocenters. The zero-order valence-electron chi connectivity index (χ0n) is 19.5. The number of rotatable bonds is 7. The molecule has 0 saturated heterocycles. The largest absolute Gasteiger partial charge is 0.329 e. The average Bonchev–Trinajstić information content (AvgIpc) is 2.83. The van der Waals surface area contributed by atoms with Crippen LogP contribution in [0.5, 0.6) is 0 Å². The van der Waals surface area contributed by atoms with Crippen LogP contribution in [0.1, 0.15) is 22.9 Å². The SMILES string of the molecule is Cc1cncc(-c2cccnc2[C@@H](Cc2cc(F)cc(F)c2)NC(=O)NS(=O)(=O)c2ccccc2Cl)c1. The molecule has 11 heteroatoms. The lowest BCUT2D eigenvalue weighted by atomic mass is 9.96. The normalized spacial score (nSPS) is 12.1. The minimum atomic E-state index is -4.32. The second kappa shape index (κ2) is 11.0. The highest BCUT2D eigenvalue weighted by molar-refractivity contribution is 7.90. The van der Waals surface area contributed by atoms with Crippen molar-refractivity contribution in [2.45, 2.75) is 24.3 Å². The van der Waals surface area contributed by atoms with E-state index in [0.717, 1.165) is 23.8 Å². The fourth-order valence-electron chi connectivity index (χ4n) is 3.85. The van der Waals surface area contributed by atoms with Crippen molar-refractivity contribution < 1.29 is 22.0 Å². The van der Waals surface area contributed by atoms with E-state index in [1.807, 2.05) is 17.7 Å². The summed E-state index contributed by atoms with van der Waals surface area (Å²) in [4.78, 5) is 21.3. The molecule has 0 bridgehead atoms. The van der Waals surface area contributed by atoms with Crippen LogP contribution in [0.3, 0.4) is 0 Å². The van der Waals surface area contributed by atoms with Crippen LogP contribution in [0.4, 0.5) is 13.6 Å². The lowest BCUT2D eigenvalue weighted by molar-refractivity contribution is 0.242. The van der Waals surface area contributed by atoms with E-state index < -0.39 is 33.7 Å². The van der Waals surface area contributed by atoms with Crippen molar-refractivity contribution in [3.05, 3.63) is 113 Å². The Labute approximate surface area is 217 Å². The molecule has 0 radical (unpaired) electrons. The minimum absolute atomic E-state index is 0.0615. The van der Waals surface area contributed by atoms with Crippen LogP contribution in [0, 0.1) is 18.6 Å². The van der Waals surface area contributed by atoms with E-state index in [-0.39, 0.29) is 21.9 Å². The lowest BCUT2D eigenvalue weighted by Gasteiger charge is -2.22. The maximum Gasteiger partial charge on any atom is 0.329 e. The van der Waals surface area contributed by atoms with Crippen LogP contribution in [0.25, 0.3) is 11.1 Å². The van der Waals surface area contributed by atoms with E-state index in [2.05, 4.69) is 15.3 Å². The molecule has 2 heterocycles. The number of halogens is 3. The zero-order valence-corrected chi connectivity index (χ0v) is 21.0. The predicted octanol–water partition coefficient (Wildman–Crippen LogP) is 5.36. The molecule has 1 atom stereocenters. The molecular formula is C26H21ClF2N4O3S. The molecule has 0 aliphatic carbocycles. The molecule has 0 aliphatic rings. The first-order valence-electron chi connectivity index (χ1n) is 11.0. The van der Waals surface area contributed by atoms with Crippen LogP contribution >= 0.6 is 11.6 Å². The third kappa shape index (κ3) is 6.46. The molecule has 7 nitrogen and oxygen atoms in total. The fraction of sp³-hybridized carbons (Fsp3) is 0.115. The van der Waals surface area contributed by atoms with Crippen molar-refractivity contribution >= 4 is 27.7 Å². The highest BCUT2D eigenvalue weighted by atomic mass is 35.5. The van der Waals surface area contributed by atoms with E-state index in [1.54, 1.807) is 30.6 Å². The molecule has 0 fully saturated rings. The summed E-state index contributed by atoms with van der Waals surface area (Å²) in [6.45, 7) is 1.87. The summed E-state index contributed by atoms with van der Waals surface area (Å²) in [5.41, 5.74) is 2.77. The Morgan fingerprint density at radius 2 is 1.76 bits per heavy atom. The standard InChI is InChI=1S/C26H21ClF2N4O3S/c1-16-9-18(15-30-14-16)21-5-4-8-31-25(21)23(12-17-10-19(28)13-20(29)11-17)32-26(34)33-37(35,36)24-7-3-2-6-22(24)27/h2-11,13-15,23H,12H2,1H3,(H2,32,33,34)/t23-/m1/s1. The molecule has 0 spiro atoms. The highest BCUT2D eigenvalue weighted by Crippen LogP contribution is 2.29. The van der Waals surface area contributed by atoms with Gasteiger partial charge in [-0.15, -0.1) is 0 Å². The average molecular weight is 543 g/mol. The summed E-state index contributed by atoms with van der Waals surface area (Å²) in [5, 5.41) is 2.53. The van der Waals surface area contributed by atoms with Gasteiger partial charge in [-0.25, -0.2) is 26.7 Å². The van der Waals surface area contributed by atoms with Gasteiger partial charge < -0.3 is 5.32 Å². The number of amides is 2. The van der Waals surface area contributed by atoms with Gasteiger partial charge in [0, 0.05) is 35.8 Å². The van der Waals surface area contributed by atoms with E-state index in [1.165, 1.54) is 24.4 Å². The van der Waals surface area contributed by atoms with Gasteiger partial charge in [-0.3, -0.25) is 9.97 Å². The Balaban J connectivity index is 1.71. The number of pyridine rings is 2. The third-order valence-electron chi connectivity index (χ3n) is 5.38. The molecule has 0 aliphatic heterocycles. The number of nitrogens with zero attached hydrogens (tertiary/aromatic N) is 2. The molecule has 2 amide bonds. The molecule has 190 valence electrons. The Kier molecular flexibility index (Phi) is 7.80. The number of hydrogen-bond acceptors (Lipinski definition) is 5. The van der Waals surface area contributed by atoms with Crippen LogP contribution in [-0.4, -0.2) is 24.4 Å². The predicted molar refractivity (Wildman–Crippen MR) is 135 cm³/mol. The van der Waals surface area contributed by atoms with Gasteiger partial charge in [0.05, 0.1) is 16.8 Å². The van der Waals surface area contributed by atoms with Gasteiger partial charge >= 0.3 is 6.03 Å². The molecule has 4 rings (SSSR count). The summed E-state index contributed by atoms with van der Waals surface area (Å²) < 4.78 is 55.3. The second-order valence-electron chi connectivity index (χ2n) is 8.23. The maximum absolute atomic E-state index is 13.9. The molecular weight excluding hydrogens is 522 g/mol. The van der Waals surface area contributed by atoms with Crippen molar-refractivity contribution in [2.75, 3.05) is 0 Å². The van der Waals surface area contributed by atoms with E-state index in [0.29, 0.717) is 16.8 Å². The Hall–Kier alpha value is -3.89. The number of nitrogens with one attached hydrogen (secondary N) is 2. The summed E-state index contributed by atoms with van der Waals surface area (Å²) >= 11 is 5.99. The van der Waals surface area contributed by atoms with Crippen LogP contribution < -0.4 is 10.0 Å². The topological polar surface area (TPSA) is 101 Å². The number of sulfonamides is 1. The molecule has 0 saturated carbocycles. The molecule has 2 aromatic carbocycles. The Morgan fingerprint density at radius 1 is 1.03 bits per heavy atom. The number of carbonyl (C=O) groups is 1. The lowest BCUT2D eigenvalue weighted by Crippen LogP contribution is -2.42. The third-order valence-corrected chi connectivity index (χ3v) is 7.21. The van der Waals surface area contributed by atoms with Gasteiger partial charge in [-0.1, -0.05) is 29.8 Å². The molecule has 37 heavy (non-hydrogen) atoms. The Morgan fingerprint density at radius 3 is 2.46 bits per heavy atom. The van der Waals surface area contributed by atoms with E-state index >= 15 is 0 Å². The van der Waals surface area contributed by atoms with Gasteiger partial charge in [0.1, 0.15) is 16.5 Å². The first kappa shape index (κ1) is 26.2. The summed E-state index contributed by atoms with van der Waals surface area (Å²) in [7, 11) is -4.32. The van der Waals surface area contributed by atoms with Crippen molar-refractivity contribution in [1.82, 2.24) is 20.0 Å². The second-order valence-corrected chi connectivity index (χ2v) is 10.3. The highest BCUT2D eigenvalue weighted by Gasteiger charge is 2.25. The number of hydrogen-bond donors (Lipinski definition) is 2. The fourth-order valence-corrected chi connectivity index (χ4v) is 5.29. The minimum Gasteiger partial charge on any atom is -0.329 e. The number of aryl methyl sites for hydroxylation is 1. The quantitative estimate of drug-likeness (QED) is 0.327. The number of aromatic nitrogens is 2. The molecule has 2 aromatic heterocycles. The zero-order chi connectivity index (χ0) is 26.6. The monoisotopic (exact) mass is 542 g/mol. The van der Waals surface area contributed by atoms with E-state index in [9.17, 15) is 22.0 Å². The summed E-state index contributed by atoms with van der Waals surface area (Å²) in [5.74, 6) is -1.58. The molecule has 2 N–H and O–H groups in total. The van der Waals surface area contributed by atoms with E-state index in [4.69, 9.17) is 11.6 Å². The van der Waals surface area contributed by atoms with Crippen molar-refractivity contribution in [2.24, 2.45) is 0 Å². The first-order valence-corrected chi connectivity index (χ1v) is 12.9. The van der Waals surface area contributed by atoms with Crippen LogP contribution in [0.15, 0.2) is 84.1 Å². The van der Waals surface area contributed by atoms with Gasteiger partial charge in [0.2, 0.25) is 0 Å². The van der Waals surface area contributed by atoms with Gasteiger partial charge in [-0.2, -0.15) is 0 Å². The first-order chi connectivity index (χ1) is 17.6. The van der Waals surface area contributed by atoms with Gasteiger partial charge in [0.15, 0.2) is 0 Å². The van der Waals surface area contributed by atoms with Crippen LogP contribution in [-0.2, 0) is 16.4 Å². The number of benzene rings is 2. The van der Waals surface area contributed by atoms with Crippen molar-refractivity contribution in [1.29, 1.82) is 0 Å². The van der Waals surface area contributed by atoms with Crippen molar-refractivity contribution in [3.63, 3.8) is 0 Å². The van der Waals surface area contributed by atoms with Gasteiger partial charge in [-0.05, 0) is 60.9 Å². The van der Waals surface area contributed by atoms with Crippen LogP contribution in [0.2, 0.25) is 5.02 Å². The smallest absolute Gasteiger partial charge is 0.329 e. The maximum atomic E-state index is 13.9. The van der Waals surface area contributed by atoms with Gasteiger partial charge in [0.25, 0.3) is 10.0 Å². The number of urea groups is 1. The van der Waals surface area contributed by atoms with Crippen molar-refractivity contribution in [3.8, 4) is 11.1 Å². The Bertz CT molecular complexity index is 1550. The summed E-state index contributed by atoms with van der Waals surface area (Å²) in [6, 6.07) is 11.9.